The van der Waals surface area contributed by atoms with Crippen LogP contribution in [0.15, 0.2) is 27.8 Å². The summed E-state index contributed by atoms with van der Waals surface area (Å²) in [5.74, 6) is 0.762. The van der Waals surface area contributed by atoms with Gasteiger partial charge in [0, 0.05) is 30.2 Å². The predicted molar refractivity (Wildman–Crippen MR) is 79.5 cm³/mol. The van der Waals surface area contributed by atoms with Crippen molar-refractivity contribution in [2.45, 2.75) is 6.42 Å². The molecule has 0 aromatic heterocycles. The average Bonchev–Trinajstić information content (AvgIpc) is 2.45. The lowest BCUT2D eigenvalue weighted by Crippen LogP contribution is -2.13. The standard InChI is InChI=1S/C13H19BrN2O4/c1-18-7-8-19-5-2-6-20-10-3-4-11(12(14)9-10)13(15)16-17/h3-4,9,17H,2,5-8H2,1H3,(H2,15,16). The molecule has 0 aliphatic rings. The lowest BCUT2D eigenvalue weighted by Gasteiger charge is -2.09. The summed E-state index contributed by atoms with van der Waals surface area (Å²) in [7, 11) is 1.64. The molecule has 0 fully saturated rings. The fourth-order valence-corrected chi connectivity index (χ4v) is 2.00. The third-order valence-corrected chi connectivity index (χ3v) is 3.11. The van der Waals surface area contributed by atoms with Gasteiger partial charge in [-0.2, -0.15) is 0 Å². The number of benzene rings is 1. The van der Waals surface area contributed by atoms with Gasteiger partial charge < -0.3 is 25.2 Å². The summed E-state index contributed by atoms with van der Waals surface area (Å²) >= 11 is 3.35. The van der Waals surface area contributed by atoms with Crippen molar-refractivity contribution in [3.05, 3.63) is 28.2 Å². The van der Waals surface area contributed by atoms with Gasteiger partial charge in [-0.3, -0.25) is 0 Å². The van der Waals surface area contributed by atoms with Gasteiger partial charge >= 0.3 is 0 Å². The molecule has 1 aromatic rings. The summed E-state index contributed by atoms with van der Waals surface area (Å²) < 4.78 is 16.5. The number of nitrogens with zero attached hydrogens (tertiary/aromatic N) is 1. The second kappa shape index (κ2) is 9.57. The molecule has 0 saturated heterocycles. The molecule has 3 N–H and O–H groups in total. The molecule has 0 saturated carbocycles. The van der Waals surface area contributed by atoms with Gasteiger partial charge in [0.15, 0.2) is 5.84 Å². The molecular formula is C13H19BrN2O4. The number of oxime groups is 1. The predicted octanol–water partition coefficient (Wildman–Crippen LogP) is 1.98. The molecule has 0 unspecified atom stereocenters. The van der Waals surface area contributed by atoms with E-state index < -0.39 is 0 Å². The van der Waals surface area contributed by atoms with Crippen LogP contribution in [0.1, 0.15) is 12.0 Å². The summed E-state index contributed by atoms with van der Waals surface area (Å²) in [4.78, 5) is 0. The van der Waals surface area contributed by atoms with Crippen molar-refractivity contribution in [3.63, 3.8) is 0 Å². The lowest BCUT2D eigenvalue weighted by atomic mass is 10.2. The van der Waals surface area contributed by atoms with Crippen molar-refractivity contribution in [2.75, 3.05) is 33.5 Å². The van der Waals surface area contributed by atoms with E-state index in [1.165, 1.54) is 0 Å². The number of methoxy groups -OCH3 is 1. The summed E-state index contributed by atoms with van der Waals surface area (Å²) in [6, 6.07) is 5.27. The number of hydrogen-bond acceptors (Lipinski definition) is 5. The van der Waals surface area contributed by atoms with Gasteiger partial charge in [0.05, 0.1) is 19.8 Å². The van der Waals surface area contributed by atoms with Gasteiger partial charge in [0.2, 0.25) is 0 Å². The zero-order chi connectivity index (χ0) is 14.8. The topological polar surface area (TPSA) is 86.3 Å². The molecule has 0 heterocycles. The van der Waals surface area contributed by atoms with Crippen molar-refractivity contribution in [3.8, 4) is 5.75 Å². The van der Waals surface area contributed by atoms with Crippen LogP contribution < -0.4 is 10.5 Å². The van der Waals surface area contributed by atoms with E-state index in [0.29, 0.717) is 42.2 Å². The van der Waals surface area contributed by atoms with Gasteiger partial charge in [0.1, 0.15) is 5.75 Å². The van der Waals surface area contributed by atoms with Crippen LogP contribution in [-0.4, -0.2) is 44.6 Å². The highest BCUT2D eigenvalue weighted by atomic mass is 79.9. The maximum Gasteiger partial charge on any atom is 0.171 e. The fraction of sp³-hybridized carbons (Fsp3) is 0.462. The number of hydrogen-bond donors (Lipinski definition) is 2. The molecule has 1 aromatic carbocycles. The first-order valence-electron chi connectivity index (χ1n) is 6.16. The van der Waals surface area contributed by atoms with Crippen molar-refractivity contribution >= 4 is 21.8 Å². The second-order valence-electron chi connectivity index (χ2n) is 3.93. The molecule has 7 heteroatoms. The number of nitrogens with two attached hydrogens (primary N) is 1. The minimum Gasteiger partial charge on any atom is -0.493 e. The van der Waals surface area contributed by atoms with Gasteiger partial charge in [0.25, 0.3) is 0 Å². The second-order valence-corrected chi connectivity index (χ2v) is 4.79. The number of rotatable bonds is 9. The maximum atomic E-state index is 8.63. The molecule has 0 radical (unpaired) electrons. The summed E-state index contributed by atoms with van der Waals surface area (Å²) in [5.41, 5.74) is 6.14. The normalized spacial score (nSPS) is 11.6. The quantitative estimate of drug-likeness (QED) is 0.235. The van der Waals surface area contributed by atoms with Crippen molar-refractivity contribution in [1.82, 2.24) is 0 Å². The molecule has 6 nitrogen and oxygen atoms in total. The fourth-order valence-electron chi connectivity index (χ4n) is 1.44. The first kappa shape index (κ1) is 16.7. The Bertz CT molecular complexity index is 440. The SMILES string of the molecule is COCCOCCCOc1ccc(/C(N)=N/O)c(Br)c1. The molecule has 0 aliphatic carbocycles. The van der Waals surface area contributed by atoms with E-state index in [1.54, 1.807) is 25.3 Å². The summed E-state index contributed by atoms with van der Waals surface area (Å²) in [6.07, 6.45) is 0.795. The summed E-state index contributed by atoms with van der Waals surface area (Å²) in [6.45, 7) is 2.38. The van der Waals surface area contributed by atoms with E-state index in [9.17, 15) is 0 Å². The van der Waals surface area contributed by atoms with E-state index in [4.69, 9.17) is 25.2 Å². The van der Waals surface area contributed by atoms with E-state index >= 15 is 0 Å². The average molecular weight is 347 g/mol. The zero-order valence-electron chi connectivity index (χ0n) is 11.3. The van der Waals surface area contributed by atoms with E-state index in [1.807, 2.05) is 0 Å². The van der Waals surface area contributed by atoms with Gasteiger partial charge in [-0.15, -0.1) is 0 Å². The molecule has 0 bridgehead atoms. The molecular weight excluding hydrogens is 328 g/mol. The van der Waals surface area contributed by atoms with Crippen LogP contribution in [0.4, 0.5) is 0 Å². The van der Waals surface area contributed by atoms with Crippen LogP contribution in [0.5, 0.6) is 5.75 Å². The molecule has 20 heavy (non-hydrogen) atoms. The van der Waals surface area contributed by atoms with Crippen molar-refractivity contribution in [2.24, 2.45) is 10.9 Å². The van der Waals surface area contributed by atoms with Crippen LogP contribution in [-0.2, 0) is 9.47 Å². The van der Waals surface area contributed by atoms with E-state index in [-0.39, 0.29) is 5.84 Å². The lowest BCUT2D eigenvalue weighted by molar-refractivity contribution is 0.0644. The monoisotopic (exact) mass is 346 g/mol. The van der Waals surface area contributed by atoms with E-state index in [2.05, 4.69) is 21.1 Å². The third kappa shape index (κ3) is 5.77. The molecule has 1 rings (SSSR count). The Kier molecular flexibility index (Phi) is 8.01. The zero-order valence-corrected chi connectivity index (χ0v) is 12.9. The minimum absolute atomic E-state index is 0.0509. The van der Waals surface area contributed by atoms with Crippen LogP contribution in [0.2, 0.25) is 0 Å². The number of amidine groups is 1. The molecule has 0 aliphatic heterocycles. The third-order valence-electron chi connectivity index (χ3n) is 2.46. The minimum atomic E-state index is 0.0509. The molecule has 0 spiro atoms. The largest absolute Gasteiger partial charge is 0.493 e. The smallest absolute Gasteiger partial charge is 0.171 e. The highest BCUT2D eigenvalue weighted by molar-refractivity contribution is 9.10. The number of halogens is 1. The Hall–Kier alpha value is -1.31. The van der Waals surface area contributed by atoms with Gasteiger partial charge in [-0.05, 0) is 34.1 Å². The van der Waals surface area contributed by atoms with Gasteiger partial charge in [-0.25, -0.2) is 0 Å². The van der Waals surface area contributed by atoms with Crippen LogP contribution >= 0.6 is 15.9 Å². The highest BCUT2D eigenvalue weighted by Crippen LogP contribution is 2.23. The first-order valence-corrected chi connectivity index (χ1v) is 6.95. The summed E-state index contributed by atoms with van der Waals surface area (Å²) in [5, 5.41) is 11.6. The highest BCUT2D eigenvalue weighted by Gasteiger charge is 2.06. The Morgan fingerprint density at radius 1 is 1.30 bits per heavy atom. The Morgan fingerprint density at radius 3 is 2.75 bits per heavy atom. The Labute approximate surface area is 126 Å². The Balaban J connectivity index is 2.33. The van der Waals surface area contributed by atoms with Crippen molar-refractivity contribution < 1.29 is 19.4 Å². The molecule has 0 atom stereocenters. The van der Waals surface area contributed by atoms with Crippen LogP contribution in [0.25, 0.3) is 0 Å². The first-order chi connectivity index (χ1) is 9.69. The maximum absolute atomic E-state index is 8.63. The Morgan fingerprint density at radius 2 is 2.10 bits per heavy atom. The van der Waals surface area contributed by atoms with E-state index in [0.717, 1.165) is 6.42 Å². The molecule has 0 amide bonds. The van der Waals surface area contributed by atoms with Gasteiger partial charge in [-0.1, -0.05) is 5.16 Å². The van der Waals surface area contributed by atoms with Crippen LogP contribution in [0.3, 0.4) is 0 Å². The molecule has 112 valence electrons. The number of ether oxygens (including phenoxy) is 3. The van der Waals surface area contributed by atoms with Crippen molar-refractivity contribution in [1.29, 1.82) is 0 Å². The van der Waals surface area contributed by atoms with Crippen LogP contribution in [0, 0.1) is 0 Å².